The predicted molar refractivity (Wildman–Crippen MR) is 60.3 cm³/mol. The first-order chi connectivity index (χ1) is 8.15. The second kappa shape index (κ2) is 6.21. The average Bonchev–Trinajstić information content (AvgIpc) is 2.34. The molecule has 0 saturated carbocycles. The number of nitrogens with two attached hydrogens (primary N) is 1. The number of primary amides is 1. The van der Waals surface area contributed by atoms with Crippen LogP contribution in [-0.4, -0.2) is 25.5 Å². The molecule has 1 rings (SSSR count). The Bertz CT molecular complexity index is 445. The number of methoxy groups -OCH3 is 1. The Morgan fingerprint density at radius 3 is 2.76 bits per heavy atom. The van der Waals surface area contributed by atoms with E-state index in [0.717, 1.165) is 0 Å². The number of amides is 1. The van der Waals surface area contributed by atoms with Crippen LogP contribution in [0.3, 0.4) is 0 Å². The van der Waals surface area contributed by atoms with Gasteiger partial charge in [0.2, 0.25) is 5.91 Å². The van der Waals surface area contributed by atoms with Crippen LogP contribution in [0.15, 0.2) is 34.6 Å². The van der Waals surface area contributed by atoms with Gasteiger partial charge in [-0.3, -0.25) is 10.2 Å². The summed E-state index contributed by atoms with van der Waals surface area (Å²) < 4.78 is 4.60. The Kier molecular flexibility index (Phi) is 4.61. The van der Waals surface area contributed by atoms with E-state index in [2.05, 4.69) is 20.5 Å². The van der Waals surface area contributed by atoms with Gasteiger partial charge >= 0.3 is 5.97 Å². The summed E-state index contributed by atoms with van der Waals surface area (Å²) in [6.07, 6.45) is 0. The van der Waals surface area contributed by atoms with E-state index in [9.17, 15) is 9.59 Å². The van der Waals surface area contributed by atoms with Crippen molar-refractivity contribution in [2.45, 2.75) is 0 Å². The zero-order valence-corrected chi connectivity index (χ0v) is 9.21. The van der Waals surface area contributed by atoms with Crippen LogP contribution in [0.2, 0.25) is 0 Å². The van der Waals surface area contributed by atoms with Gasteiger partial charge in [0.1, 0.15) is 6.54 Å². The van der Waals surface area contributed by atoms with Crippen LogP contribution in [0.1, 0.15) is 10.4 Å². The fraction of sp³-hybridized carbons (Fsp3) is 0.200. The Hall–Kier alpha value is -2.44. The second-order valence-electron chi connectivity index (χ2n) is 3.01. The fourth-order valence-corrected chi connectivity index (χ4v) is 1.06. The summed E-state index contributed by atoms with van der Waals surface area (Å²) in [5.41, 5.74) is 8.17. The zero-order chi connectivity index (χ0) is 12.7. The molecule has 7 heteroatoms. The molecule has 17 heavy (non-hydrogen) atoms. The molecule has 0 aliphatic carbocycles. The summed E-state index contributed by atoms with van der Waals surface area (Å²) in [6.45, 7) is -0.215. The van der Waals surface area contributed by atoms with Crippen molar-refractivity contribution in [2.75, 3.05) is 19.1 Å². The molecule has 0 radical (unpaired) electrons. The molecule has 0 aliphatic rings. The molecule has 0 unspecified atom stereocenters. The van der Waals surface area contributed by atoms with E-state index in [1.165, 1.54) is 7.11 Å². The lowest BCUT2D eigenvalue weighted by molar-refractivity contribution is -0.116. The van der Waals surface area contributed by atoms with E-state index in [-0.39, 0.29) is 6.54 Å². The van der Waals surface area contributed by atoms with Gasteiger partial charge in [-0.25, -0.2) is 4.79 Å². The summed E-state index contributed by atoms with van der Waals surface area (Å²) in [5.74, 6) is -1.07. The fourth-order valence-electron chi connectivity index (χ4n) is 1.06. The second-order valence-corrected chi connectivity index (χ2v) is 3.01. The molecule has 0 fully saturated rings. The van der Waals surface area contributed by atoms with Crippen LogP contribution in [0.5, 0.6) is 0 Å². The van der Waals surface area contributed by atoms with Gasteiger partial charge in [-0.2, -0.15) is 5.11 Å². The van der Waals surface area contributed by atoms with E-state index < -0.39 is 11.9 Å². The highest BCUT2D eigenvalue weighted by Gasteiger charge is 2.09. The van der Waals surface area contributed by atoms with Crippen molar-refractivity contribution in [2.24, 2.45) is 16.1 Å². The minimum absolute atomic E-state index is 0.215. The Morgan fingerprint density at radius 2 is 2.12 bits per heavy atom. The normalized spacial score (nSPS) is 10.2. The third-order valence-electron chi connectivity index (χ3n) is 1.80. The standard InChI is InChI=1S/C10H12N4O3/c1-17-10(16)7-4-2-3-5-8(7)13-14-12-6-9(11)15/h2-5H,6H2,1H3,(H2,11,15)(H,12,13). The van der Waals surface area contributed by atoms with Gasteiger partial charge < -0.3 is 10.5 Å². The number of rotatable bonds is 5. The molecule has 0 heterocycles. The number of anilines is 1. The lowest BCUT2D eigenvalue weighted by atomic mass is 10.2. The number of esters is 1. The quantitative estimate of drug-likeness (QED) is 0.446. The maximum Gasteiger partial charge on any atom is 0.340 e. The number of ether oxygens (including phenoxy) is 1. The molecule has 3 N–H and O–H groups in total. The number of hydrogen-bond donors (Lipinski definition) is 2. The molecular weight excluding hydrogens is 224 g/mol. The lowest BCUT2D eigenvalue weighted by Crippen LogP contribution is -2.13. The van der Waals surface area contributed by atoms with E-state index in [1.807, 2.05) is 0 Å². The molecule has 90 valence electrons. The van der Waals surface area contributed by atoms with Crippen molar-refractivity contribution in [1.29, 1.82) is 0 Å². The number of nitrogens with zero attached hydrogens (tertiary/aromatic N) is 2. The van der Waals surface area contributed by atoms with Crippen molar-refractivity contribution < 1.29 is 14.3 Å². The Balaban J connectivity index is 2.73. The summed E-state index contributed by atoms with van der Waals surface area (Å²) >= 11 is 0. The number of nitrogens with one attached hydrogen (secondary N) is 1. The van der Waals surface area contributed by atoms with Gasteiger partial charge in [-0.05, 0) is 12.1 Å². The zero-order valence-electron chi connectivity index (χ0n) is 9.21. The van der Waals surface area contributed by atoms with Crippen molar-refractivity contribution in [3.63, 3.8) is 0 Å². The first-order valence-electron chi connectivity index (χ1n) is 4.73. The highest BCUT2D eigenvalue weighted by atomic mass is 16.5. The van der Waals surface area contributed by atoms with E-state index >= 15 is 0 Å². The smallest absolute Gasteiger partial charge is 0.340 e. The van der Waals surface area contributed by atoms with Gasteiger partial charge in [-0.1, -0.05) is 17.4 Å². The molecule has 0 saturated heterocycles. The van der Waals surface area contributed by atoms with Gasteiger partial charge in [0, 0.05) is 0 Å². The Morgan fingerprint density at radius 1 is 1.41 bits per heavy atom. The lowest BCUT2D eigenvalue weighted by Gasteiger charge is -2.05. The SMILES string of the molecule is COC(=O)c1ccccc1NN=NCC(N)=O. The molecule has 1 aromatic carbocycles. The third-order valence-corrected chi connectivity index (χ3v) is 1.80. The molecule has 0 atom stereocenters. The third kappa shape index (κ3) is 3.90. The molecule has 0 aromatic heterocycles. The van der Waals surface area contributed by atoms with Gasteiger partial charge in [0.25, 0.3) is 0 Å². The molecule has 7 nitrogen and oxygen atoms in total. The van der Waals surface area contributed by atoms with E-state index in [1.54, 1.807) is 24.3 Å². The van der Waals surface area contributed by atoms with Crippen LogP contribution in [0.4, 0.5) is 5.69 Å². The highest BCUT2D eigenvalue weighted by Crippen LogP contribution is 2.15. The summed E-state index contributed by atoms with van der Waals surface area (Å²) in [7, 11) is 1.29. The minimum Gasteiger partial charge on any atom is -0.465 e. The van der Waals surface area contributed by atoms with Gasteiger partial charge in [0.15, 0.2) is 0 Å². The maximum atomic E-state index is 11.4. The summed E-state index contributed by atoms with van der Waals surface area (Å²) in [6, 6.07) is 6.63. The van der Waals surface area contributed by atoms with Crippen LogP contribution in [0, 0.1) is 0 Å². The maximum absolute atomic E-state index is 11.4. The Labute approximate surface area is 97.6 Å². The molecule has 1 amide bonds. The van der Waals surface area contributed by atoms with Crippen LogP contribution in [-0.2, 0) is 9.53 Å². The van der Waals surface area contributed by atoms with Gasteiger partial charge in [0.05, 0.1) is 18.4 Å². The van der Waals surface area contributed by atoms with E-state index in [0.29, 0.717) is 11.3 Å². The summed E-state index contributed by atoms with van der Waals surface area (Å²) in [5, 5.41) is 7.01. The first kappa shape index (κ1) is 12.6. The predicted octanol–water partition coefficient (Wildman–Crippen LogP) is 0.738. The molecular formula is C10H12N4O3. The molecule has 0 spiro atoms. The minimum atomic E-state index is -0.586. The van der Waals surface area contributed by atoms with Crippen molar-refractivity contribution in [3.05, 3.63) is 29.8 Å². The van der Waals surface area contributed by atoms with Crippen LogP contribution >= 0.6 is 0 Å². The molecule has 0 aliphatic heterocycles. The number of para-hydroxylation sites is 1. The van der Waals surface area contributed by atoms with Crippen molar-refractivity contribution in [1.82, 2.24) is 0 Å². The molecule has 0 bridgehead atoms. The average molecular weight is 236 g/mol. The van der Waals surface area contributed by atoms with Crippen molar-refractivity contribution >= 4 is 17.6 Å². The monoisotopic (exact) mass is 236 g/mol. The van der Waals surface area contributed by atoms with Crippen LogP contribution in [0.25, 0.3) is 0 Å². The number of carbonyl (C=O) groups excluding carboxylic acids is 2. The number of benzene rings is 1. The summed E-state index contributed by atoms with van der Waals surface area (Å²) in [4.78, 5) is 21.8. The number of carbonyl (C=O) groups is 2. The van der Waals surface area contributed by atoms with Crippen LogP contribution < -0.4 is 11.2 Å². The highest BCUT2D eigenvalue weighted by molar-refractivity contribution is 5.95. The van der Waals surface area contributed by atoms with Crippen molar-refractivity contribution in [3.8, 4) is 0 Å². The molecule has 1 aromatic rings. The first-order valence-corrected chi connectivity index (χ1v) is 4.73. The largest absolute Gasteiger partial charge is 0.465 e. The topological polar surface area (TPSA) is 106 Å². The number of hydrogen-bond acceptors (Lipinski definition) is 5. The van der Waals surface area contributed by atoms with E-state index in [4.69, 9.17) is 5.73 Å². The van der Waals surface area contributed by atoms with Gasteiger partial charge in [-0.15, -0.1) is 0 Å².